The Morgan fingerprint density at radius 3 is 2.46 bits per heavy atom. The molecule has 0 aliphatic heterocycles. The Morgan fingerprint density at radius 2 is 1.86 bits per heavy atom. The fourth-order valence-corrected chi connectivity index (χ4v) is 4.17. The second-order valence-corrected chi connectivity index (χ2v) is 7.75. The van der Waals surface area contributed by atoms with Gasteiger partial charge in [0, 0.05) is 6.92 Å². The number of thiophene rings is 1. The zero-order chi connectivity index (χ0) is 20.5. The lowest BCUT2D eigenvalue weighted by atomic mass is 10.1. The Kier molecular flexibility index (Phi) is 5.52. The maximum atomic E-state index is 13.0. The minimum atomic E-state index is -4.58. The molecule has 3 aromatic rings. The van der Waals surface area contributed by atoms with E-state index in [-0.39, 0.29) is 16.3 Å². The molecule has 0 spiro atoms. The molecule has 2 heterocycles. The summed E-state index contributed by atoms with van der Waals surface area (Å²) in [4.78, 5) is 29.6. The average Bonchev–Trinajstić information content (AvgIpc) is 3.24. The van der Waals surface area contributed by atoms with Crippen LogP contribution < -0.4 is 10.6 Å². The van der Waals surface area contributed by atoms with Crippen LogP contribution in [0.15, 0.2) is 35.7 Å². The van der Waals surface area contributed by atoms with Crippen molar-refractivity contribution < 1.29 is 22.8 Å². The molecule has 0 bridgehead atoms. The first kappa shape index (κ1) is 20.0. The third-order valence-electron chi connectivity index (χ3n) is 3.64. The van der Waals surface area contributed by atoms with Crippen molar-refractivity contribution in [1.82, 2.24) is 4.98 Å². The third-order valence-corrected chi connectivity index (χ3v) is 5.84. The Morgan fingerprint density at radius 1 is 1.11 bits per heavy atom. The van der Waals surface area contributed by atoms with Crippen LogP contribution in [0.3, 0.4) is 0 Å². The molecular weight excluding hydrogens is 411 g/mol. The molecule has 2 amide bonds. The summed E-state index contributed by atoms with van der Waals surface area (Å²) in [6, 6.07) is 6.47. The highest BCUT2D eigenvalue weighted by atomic mass is 32.1. The first-order valence-electron chi connectivity index (χ1n) is 7.96. The summed E-state index contributed by atoms with van der Waals surface area (Å²) in [5.74, 6) is -1.06. The number of carbonyl (C=O) groups is 2. The van der Waals surface area contributed by atoms with Gasteiger partial charge < -0.3 is 10.6 Å². The molecule has 146 valence electrons. The molecule has 1 aromatic carbocycles. The summed E-state index contributed by atoms with van der Waals surface area (Å²) in [5, 5.41) is 7.42. The topological polar surface area (TPSA) is 71.1 Å². The fourth-order valence-electron chi connectivity index (χ4n) is 2.41. The lowest BCUT2D eigenvalue weighted by Gasteiger charge is -2.14. The summed E-state index contributed by atoms with van der Waals surface area (Å²) in [7, 11) is 0. The highest BCUT2D eigenvalue weighted by Crippen LogP contribution is 2.35. The molecule has 2 N–H and O–H groups in total. The predicted molar refractivity (Wildman–Crippen MR) is 104 cm³/mol. The second-order valence-electron chi connectivity index (χ2n) is 5.80. The van der Waals surface area contributed by atoms with Gasteiger partial charge in [-0.2, -0.15) is 13.2 Å². The lowest BCUT2D eigenvalue weighted by Crippen LogP contribution is -2.16. The quantitative estimate of drug-likeness (QED) is 0.587. The van der Waals surface area contributed by atoms with Crippen molar-refractivity contribution in [2.24, 2.45) is 0 Å². The summed E-state index contributed by atoms with van der Waals surface area (Å²) in [6.07, 6.45) is -4.58. The smallest absolute Gasteiger partial charge is 0.325 e. The van der Waals surface area contributed by atoms with Crippen LogP contribution in [0.4, 0.5) is 24.5 Å². The first-order chi connectivity index (χ1) is 13.1. The molecular formula is C18H14F3N3O2S2. The number of amides is 2. The molecule has 0 aliphatic carbocycles. The molecule has 0 unspecified atom stereocenters. The van der Waals surface area contributed by atoms with Gasteiger partial charge in [-0.3, -0.25) is 9.59 Å². The highest BCUT2D eigenvalue weighted by molar-refractivity contribution is 7.22. The van der Waals surface area contributed by atoms with Crippen molar-refractivity contribution >= 4 is 45.9 Å². The van der Waals surface area contributed by atoms with Crippen LogP contribution in [-0.4, -0.2) is 16.8 Å². The maximum absolute atomic E-state index is 13.0. The summed E-state index contributed by atoms with van der Waals surface area (Å²) in [5.41, 5.74) is -0.522. The molecule has 3 rings (SSSR count). The van der Waals surface area contributed by atoms with Crippen LogP contribution in [0.5, 0.6) is 0 Å². The normalized spacial score (nSPS) is 11.3. The zero-order valence-corrected chi connectivity index (χ0v) is 16.3. The van der Waals surface area contributed by atoms with E-state index in [9.17, 15) is 22.8 Å². The molecule has 0 saturated carbocycles. The number of halogens is 3. The molecule has 0 saturated heterocycles. The van der Waals surface area contributed by atoms with Gasteiger partial charge in [0.2, 0.25) is 5.91 Å². The van der Waals surface area contributed by atoms with E-state index in [1.165, 1.54) is 18.3 Å². The minimum Gasteiger partial charge on any atom is -0.325 e. The maximum Gasteiger partial charge on any atom is 0.416 e. The number of rotatable bonds is 4. The van der Waals surface area contributed by atoms with E-state index < -0.39 is 23.6 Å². The predicted octanol–water partition coefficient (Wildman–Crippen LogP) is 5.41. The van der Waals surface area contributed by atoms with Crippen LogP contribution in [0, 0.1) is 6.92 Å². The number of benzene rings is 1. The minimum absolute atomic E-state index is 0.0782. The Labute approximate surface area is 166 Å². The summed E-state index contributed by atoms with van der Waals surface area (Å²) < 4.78 is 39.1. The van der Waals surface area contributed by atoms with Gasteiger partial charge in [0.15, 0.2) is 0 Å². The molecule has 0 atom stereocenters. The van der Waals surface area contributed by atoms with Crippen molar-refractivity contribution in [3.8, 4) is 9.88 Å². The van der Waals surface area contributed by atoms with Crippen molar-refractivity contribution in [3.63, 3.8) is 0 Å². The average molecular weight is 425 g/mol. The van der Waals surface area contributed by atoms with E-state index in [4.69, 9.17) is 0 Å². The Bertz CT molecular complexity index is 1030. The van der Waals surface area contributed by atoms with Gasteiger partial charge in [0.1, 0.15) is 9.88 Å². The Balaban J connectivity index is 1.93. The van der Waals surface area contributed by atoms with Gasteiger partial charge in [-0.1, -0.05) is 6.07 Å². The standard InChI is InChI=1S/C18H14F3N3O2S2/c1-9-15(28-17(22-9)14-4-3-7-27-14)16(26)24-13-8-11(18(19,20)21)5-6-12(13)23-10(2)25/h3-8H,1-2H3,(H,23,25)(H,24,26). The van der Waals surface area contributed by atoms with Gasteiger partial charge >= 0.3 is 6.18 Å². The number of nitrogens with zero attached hydrogens (tertiary/aromatic N) is 1. The van der Waals surface area contributed by atoms with Crippen LogP contribution in [0.25, 0.3) is 9.88 Å². The van der Waals surface area contributed by atoms with Gasteiger partial charge in [0.25, 0.3) is 5.91 Å². The monoisotopic (exact) mass is 425 g/mol. The summed E-state index contributed by atoms with van der Waals surface area (Å²) in [6.45, 7) is 2.88. The second kappa shape index (κ2) is 7.72. The van der Waals surface area contributed by atoms with Gasteiger partial charge in [0.05, 0.1) is 27.5 Å². The SMILES string of the molecule is CC(=O)Nc1ccc(C(F)(F)F)cc1NC(=O)c1sc(-c2cccs2)nc1C. The molecule has 0 fully saturated rings. The number of thiazole rings is 1. The molecule has 5 nitrogen and oxygen atoms in total. The van der Waals surface area contributed by atoms with Crippen LogP contribution >= 0.6 is 22.7 Å². The molecule has 2 aromatic heterocycles. The number of carbonyl (C=O) groups excluding carboxylic acids is 2. The van der Waals surface area contributed by atoms with Gasteiger partial charge in [-0.05, 0) is 36.6 Å². The van der Waals surface area contributed by atoms with Gasteiger partial charge in [-0.25, -0.2) is 4.98 Å². The number of hydrogen-bond acceptors (Lipinski definition) is 5. The summed E-state index contributed by atoms with van der Waals surface area (Å²) >= 11 is 2.62. The molecule has 28 heavy (non-hydrogen) atoms. The van der Waals surface area contributed by atoms with E-state index in [1.54, 1.807) is 6.92 Å². The van der Waals surface area contributed by atoms with Crippen LogP contribution in [0.2, 0.25) is 0 Å². The van der Waals surface area contributed by atoms with Crippen LogP contribution in [0.1, 0.15) is 27.9 Å². The van der Waals surface area contributed by atoms with Crippen molar-refractivity contribution in [2.75, 3.05) is 10.6 Å². The van der Waals surface area contributed by atoms with Crippen molar-refractivity contribution in [1.29, 1.82) is 0 Å². The fraction of sp³-hybridized carbons (Fsp3) is 0.167. The van der Waals surface area contributed by atoms with Crippen molar-refractivity contribution in [3.05, 3.63) is 51.8 Å². The van der Waals surface area contributed by atoms with Gasteiger partial charge in [-0.15, -0.1) is 22.7 Å². The number of nitrogens with one attached hydrogen (secondary N) is 2. The number of hydrogen-bond donors (Lipinski definition) is 2. The number of anilines is 2. The van der Waals surface area contributed by atoms with E-state index in [1.807, 2.05) is 17.5 Å². The van der Waals surface area contributed by atoms with E-state index >= 15 is 0 Å². The largest absolute Gasteiger partial charge is 0.416 e. The number of aromatic nitrogens is 1. The van der Waals surface area contributed by atoms with Crippen molar-refractivity contribution in [2.45, 2.75) is 20.0 Å². The molecule has 0 aliphatic rings. The number of aryl methyl sites for hydroxylation is 1. The van der Waals surface area contributed by atoms with E-state index in [0.29, 0.717) is 10.7 Å². The zero-order valence-electron chi connectivity index (χ0n) is 14.7. The van der Waals surface area contributed by atoms with E-state index in [2.05, 4.69) is 15.6 Å². The highest BCUT2D eigenvalue weighted by Gasteiger charge is 2.31. The Hall–Kier alpha value is -2.72. The third kappa shape index (κ3) is 4.39. The van der Waals surface area contributed by atoms with E-state index in [0.717, 1.165) is 34.4 Å². The lowest BCUT2D eigenvalue weighted by molar-refractivity contribution is -0.137. The first-order valence-corrected chi connectivity index (χ1v) is 9.66. The number of alkyl halides is 3. The molecule has 0 radical (unpaired) electrons. The molecule has 10 heteroatoms. The van der Waals surface area contributed by atoms with Crippen LogP contribution in [-0.2, 0) is 11.0 Å².